The van der Waals surface area contributed by atoms with Gasteiger partial charge < -0.3 is 21.1 Å². The highest BCUT2D eigenvalue weighted by Crippen LogP contribution is 2.29. The molecule has 6 nitrogen and oxygen atoms in total. The number of piperidine rings is 1. The number of nitrogens with two attached hydrogens (primary N) is 2. The maximum atomic E-state index is 12.1. The summed E-state index contributed by atoms with van der Waals surface area (Å²) < 4.78 is 6.21. The third-order valence-electron chi connectivity index (χ3n) is 4.27. The lowest BCUT2D eigenvalue weighted by Gasteiger charge is -2.33. The lowest BCUT2D eigenvalue weighted by atomic mass is 9.89. The number of nitrogen functional groups attached to an aromatic ring is 1. The van der Waals surface area contributed by atoms with Gasteiger partial charge in [-0.1, -0.05) is 15.9 Å². The van der Waals surface area contributed by atoms with E-state index in [0.717, 1.165) is 29.3 Å². The third-order valence-corrected chi connectivity index (χ3v) is 4.73. The van der Waals surface area contributed by atoms with Crippen molar-refractivity contribution in [3.63, 3.8) is 0 Å². The van der Waals surface area contributed by atoms with Gasteiger partial charge in [0.25, 0.3) is 5.91 Å². The largest absolute Gasteiger partial charge is 0.444 e. The van der Waals surface area contributed by atoms with Crippen molar-refractivity contribution in [3.05, 3.63) is 27.7 Å². The highest BCUT2D eigenvalue weighted by atomic mass is 79.9. The van der Waals surface area contributed by atoms with Gasteiger partial charge in [0.15, 0.2) is 0 Å². The van der Waals surface area contributed by atoms with Crippen LogP contribution in [0.15, 0.2) is 16.6 Å². The minimum atomic E-state index is -0.528. The summed E-state index contributed by atoms with van der Waals surface area (Å²) in [6.07, 6.45) is 2.24. The van der Waals surface area contributed by atoms with Crippen molar-refractivity contribution < 1.29 is 14.3 Å². The van der Waals surface area contributed by atoms with Crippen molar-refractivity contribution in [1.29, 1.82) is 0 Å². The fraction of sp³-hybridized carbons (Fsp3) is 0.556. The topological polar surface area (TPSA) is 98.6 Å². The van der Waals surface area contributed by atoms with Gasteiger partial charge in [-0.2, -0.15) is 0 Å². The Labute approximate surface area is 157 Å². The maximum Gasteiger partial charge on any atom is 0.410 e. The molecule has 1 heterocycles. The number of rotatable bonds is 3. The van der Waals surface area contributed by atoms with E-state index in [9.17, 15) is 9.59 Å². The molecule has 1 aromatic carbocycles. The molecular weight excluding hydrogens is 386 g/mol. The fourth-order valence-electron chi connectivity index (χ4n) is 3.00. The number of hydrogen-bond acceptors (Lipinski definition) is 4. The number of hydrogen-bond donors (Lipinski definition) is 2. The Kier molecular flexibility index (Phi) is 5.98. The van der Waals surface area contributed by atoms with Gasteiger partial charge in [-0.3, -0.25) is 4.79 Å². The number of ether oxygens (including phenoxy) is 1. The number of benzene rings is 1. The molecule has 7 heteroatoms. The highest BCUT2D eigenvalue weighted by molar-refractivity contribution is 9.10. The van der Waals surface area contributed by atoms with Crippen molar-refractivity contribution in [1.82, 2.24) is 4.90 Å². The molecular formula is C18H26BrN3O3. The van der Waals surface area contributed by atoms with Crippen molar-refractivity contribution in [2.75, 3.05) is 18.8 Å². The van der Waals surface area contributed by atoms with Crippen LogP contribution in [0.4, 0.5) is 10.5 Å². The minimum absolute atomic E-state index is 0.260. The summed E-state index contributed by atoms with van der Waals surface area (Å²) in [7, 11) is 0. The van der Waals surface area contributed by atoms with Crippen LogP contribution in [0.5, 0.6) is 0 Å². The van der Waals surface area contributed by atoms with E-state index in [-0.39, 0.29) is 6.09 Å². The molecule has 0 radical (unpaired) electrons. The standard InChI is InChI=1S/C18H26BrN3O3/c1-18(2,3)25-17(24)22-6-4-11(5-7-22)8-12-9-13(19)10-14(15(12)20)16(21)23/h9-11H,4-8,20H2,1-3H3,(H2,21,23). The predicted octanol–water partition coefficient (Wildman–Crippen LogP) is 3.32. The second kappa shape index (κ2) is 7.64. The van der Waals surface area contributed by atoms with E-state index < -0.39 is 11.5 Å². The Bertz CT molecular complexity index is 662. The van der Waals surface area contributed by atoms with Gasteiger partial charge >= 0.3 is 6.09 Å². The Balaban J connectivity index is 1.99. The molecule has 2 rings (SSSR count). The lowest BCUT2D eigenvalue weighted by molar-refractivity contribution is 0.0184. The summed E-state index contributed by atoms with van der Waals surface area (Å²) in [5.74, 6) is -0.129. The van der Waals surface area contributed by atoms with Gasteiger partial charge in [0.2, 0.25) is 0 Å². The van der Waals surface area contributed by atoms with E-state index in [2.05, 4.69) is 15.9 Å². The van der Waals surface area contributed by atoms with Crippen LogP contribution in [-0.2, 0) is 11.2 Å². The molecule has 1 aromatic rings. The van der Waals surface area contributed by atoms with Gasteiger partial charge in [-0.05, 0) is 63.6 Å². The van der Waals surface area contributed by atoms with E-state index in [1.54, 1.807) is 11.0 Å². The molecule has 0 unspecified atom stereocenters. The van der Waals surface area contributed by atoms with Crippen LogP contribution in [0.3, 0.4) is 0 Å². The zero-order valence-electron chi connectivity index (χ0n) is 15.0. The van der Waals surface area contributed by atoms with Crippen LogP contribution in [0.25, 0.3) is 0 Å². The Morgan fingerprint density at radius 1 is 1.28 bits per heavy atom. The van der Waals surface area contributed by atoms with Crippen LogP contribution < -0.4 is 11.5 Å². The monoisotopic (exact) mass is 411 g/mol. The number of halogens is 1. The first-order valence-corrected chi connectivity index (χ1v) is 9.21. The van der Waals surface area contributed by atoms with Gasteiger partial charge in [0.1, 0.15) is 5.60 Å². The first-order valence-electron chi connectivity index (χ1n) is 8.42. The predicted molar refractivity (Wildman–Crippen MR) is 101 cm³/mol. The Morgan fingerprint density at radius 2 is 1.88 bits per heavy atom. The van der Waals surface area contributed by atoms with Gasteiger partial charge in [-0.15, -0.1) is 0 Å². The van der Waals surface area contributed by atoms with Crippen LogP contribution in [0.1, 0.15) is 49.5 Å². The zero-order valence-corrected chi connectivity index (χ0v) is 16.6. The smallest absolute Gasteiger partial charge is 0.410 e. The minimum Gasteiger partial charge on any atom is -0.444 e. The quantitative estimate of drug-likeness (QED) is 0.744. The number of carbonyl (C=O) groups is 2. The molecule has 1 saturated heterocycles. The molecule has 0 aromatic heterocycles. The summed E-state index contributed by atoms with van der Waals surface area (Å²) in [5.41, 5.74) is 12.7. The van der Waals surface area contributed by atoms with Crippen LogP contribution in [0, 0.1) is 5.92 Å². The molecule has 0 spiro atoms. The molecule has 138 valence electrons. The molecule has 0 aliphatic carbocycles. The van der Waals surface area contributed by atoms with Crippen molar-refractivity contribution in [2.24, 2.45) is 11.7 Å². The normalized spacial score (nSPS) is 15.9. The van der Waals surface area contributed by atoms with E-state index in [1.165, 1.54) is 0 Å². The summed E-state index contributed by atoms with van der Waals surface area (Å²) >= 11 is 3.40. The Morgan fingerprint density at radius 3 is 2.40 bits per heavy atom. The number of anilines is 1. The molecule has 4 N–H and O–H groups in total. The molecule has 25 heavy (non-hydrogen) atoms. The Hall–Kier alpha value is -1.76. The molecule has 0 saturated carbocycles. The first kappa shape index (κ1) is 19.6. The van der Waals surface area contributed by atoms with E-state index >= 15 is 0 Å². The second-order valence-electron chi connectivity index (χ2n) is 7.51. The van der Waals surface area contributed by atoms with Crippen molar-refractivity contribution >= 4 is 33.6 Å². The number of likely N-dealkylation sites (tertiary alicyclic amines) is 1. The van der Waals surface area contributed by atoms with Crippen LogP contribution in [0.2, 0.25) is 0 Å². The summed E-state index contributed by atoms with van der Waals surface area (Å²) in [6.45, 7) is 6.92. The lowest BCUT2D eigenvalue weighted by Crippen LogP contribution is -2.42. The summed E-state index contributed by atoms with van der Waals surface area (Å²) in [6, 6.07) is 3.58. The molecule has 1 fully saturated rings. The summed E-state index contributed by atoms with van der Waals surface area (Å²) in [5, 5.41) is 0. The van der Waals surface area contributed by atoms with Crippen LogP contribution in [-0.4, -0.2) is 35.6 Å². The number of nitrogens with zero attached hydrogens (tertiary/aromatic N) is 1. The molecule has 0 atom stereocenters. The average Bonchev–Trinajstić information content (AvgIpc) is 2.49. The average molecular weight is 412 g/mol. The molecule has 2 amide bonds. The molecule has 0 bridgehead atoms. The third kappa shape index (κ3) is 5.36. The van der Waals surface area contributed by atoms with E-state index in [1.807, 2.05) is 26.8 Å². The van der Waals surface area contributed by atoms with Crippen molar-refractivity contribution in [2.45, 2.75) is 45.6 Å². The number of carbonyl (C=O) groups excluding carboxylic acids is 2. The zero-order chi connectivity index (χ0) is 18.8. The summed E-state index contributed by atoms with van der Waals surface area (Å²) in [4.78, 5) is 25.4. The van der Waals surface area contributed by atoms with E-state index in [4.69, 9.17) is 16.2 Å². The number of amides is 2. The van der Waals surface area contributed by atoms with Crippen molar-refractivity contribution in [3.8, 4) is 0 Å². The van der Waals surface area contributed by atoms with Gasteiger partial charge in [0.05, 0.1) is 5.56 Å². The maximum absolute atomic E-state index is 12.1. The van der Waals surface area contributed by atoms with Crippen LogP contribution >= 0.6 is 15.9 Å². The highest BCUT2D eigenvalue weighted by Gasteiger charge is 2.27. The van der Waals surface area contributed by atoms with E-state index in [0.29, 0.717) is 30.3 Å². The number of primary amides is 1. The van der Waals surface area contributed by atoms with Gasteiger partial charge in [0, 0.05) is 23.2 Å². The molecule has 1 aliphatic rings. The second-order valence-corrected chi connectivity index (χ2v) is 8.42. The van der Waals surface area contributed by atoms with Gasteiger partial charge in [-0.25, -0.2) is 4.79 Å². The SMILES string of the molecule is CC(C)(C)OC(=O)N1CCC(Cc2cc(Br)cc(C(N)=O)c2N)CC1. The molecule has 1 aliphatic heterocycles. The fourth-order valence-corrected chi connectivity index (χ4v) is 3.51. The first-order chi connectivity index (χ1) is 11.6.